The van der Waals surface area contributed by atoms with Crippen LogP contribution in [0.5, 0.6) is 0 Å². The minimum atomic E-state index is -0.967. The maximum Gasteiger partial charge on any atom is 0.326 e. The molecule has 4 rings (SSSR count). The lowest BCUT2D eigenvalue weighted by Gasteiger charge is -2.39. The Bertz CT molecular complexity index is 686. The minimum Gasteiger partial charge on any atom is -0.480 e. The van der Waals surface area contributed by atoms with Crippen LogP contribution in [0.2, 0.25) is 0 Å². The number of furan rings is 1. The van der Waals surface area contributed by atoms with Crippen molar-refractivity contribution in [2.75, 3.05) is 19.6 Å². The number of likely N-dealkylation sites (tertiary alicyclic amines) is 2. The predicted octanol–water partition coefficient (Wildman–Crippen LogP) is 1.60. The van der Waals surface area contributed by atoms with E-state index >= 15 is 0 Å². The van der Waals surface area contributed by atoms with Crippen molar-refractivity contribution in [3.63, 3.8) is 0 Å². The standard InChI is InChI=1S/C18H22N2O5/c21-15(12-1-2-12)19-6-4-18(5-7-19)9-14(17(23)24)20(11-18)16(22)13-3-8-25-10-13/h3,8,10,12,14H,1-2,4-7,9,11H2,(H,23,24)/t14-/m1/s1. The highest BCUT2D eigenvalue weighted by molar-refractivity contribution is 5.96. The third kappa shape index (κ3) is 2.92. The van der Waals surface area contributed by atoms with E-state index in [2.05, 4.69) is 0 Å². The molecular weight excluding hydrogens is 324 g/mol. The van der Waals surface area contributed by atoms with Gasteiger partial charge in [0.25, 0.3) is 5.91 Å². The van der Waals surface area contributed by atoms with Crippen molar-refractivity contribution in [2.24, 2.45) is 11.3 Å². The summed E-state index contributed by atoms with van der Waals surface area (Å²) in [6.07, 6.45) is 6.72. The Morgan fingerprint density at radius 2 is 1.92 bits per heavy atom. The van der Waals surface area contributed by atoms with Gasteiger partial charge in [-0.05, 0) is 43.6 Å². The van der Waals surface area contributed by atoms with E-state index < -0.39 is 12.0 Å². The summed E-state index contributed by atoms with van der Waals surface area (Å²) >= 11 is 0. The molecule has 1 spiro atoms. The molecule has 0 aromatic carbocycles. The van der Waals surface area contributed by atoms with Crippen molar-refractivity contribution in [1.82, 2.24) is 9.80 Å². The minimum absolute atomic E-state index is 0.206. The van der Waals surface area contributed by atoms with Gasteiger partial charge in [-0.3, -0.25) is 9.59 Å². The average molecular weight is 346 g/mol. The molecule has 134 valence electrons. The van der Waals surface area contributed by atoms with Crippen molar-refractivity contribution in [3.05, 3.63) is 24.2 Å². The van der Waals surface area contributed by atoms with Crippen LogP contribution < -0.4 is 0 Å². The van der Waals surface area contributed by atoms with E-state index in [4.69, 9.17) is 4.42 Å². The largest absolute Gasteiger partial charge is 0.480 e. The number of carbonyl (C=O) groups is 3. The van der Waals surface area contributed by atoms with Gasteiger partial charge in [0.2, 0.25) is 5.91 Å². The van der Waals surface area contributed by atoms with Crippen LogP contribution in [0.15, 0.2) is 23.0 Å². The molecule has 1 aliphatic carbocycles. The second-order valence-electron chi connectivity index (χ2n) is 7.60. The van der Waals surface area contributed by atoms with E-state index in [9.17, 15) is 19.5 Å². The predicted molar refractivity (Wildman–Crippen MR) is 86.8 cm³/mol. The molecule has 3 aliphatic rings. The molecule has 2 aliphatic heterocycles. The number of hydrogen-bond donors (Lipinski definition) is 1. The lowest BCUT2D eigenvalue weighted by Crippen LogP contribution is -2.45. The third-order valence-electron chi connectivity index (χ3n) is 5.88. The zero-order chi connectivity index (χ0) is 17.6. The first-order valence-electron chi connectivity index (χ1n) is 8.84. The summed E-state index contributed by atoms with van der Waals surface area (Å²) in [5.74, 6) is -0.808. The number of piperidine rings is 1. The number of nitrogens with zero attached hydrogens (tertiary/aromatic N) is 2. The Hall–Kier alpha value is -2.31. The van der Waals surface area contributed by atoms with Gasteiger partial charge >= 0.3 is 5.97 Å². The van der Waals surface area contributed by atoms with Gasteiger partial charge in [0.1, 0.15) is 12.3 Å². The van der Waals surface area contributed by atoms with E-state index in [1.54, 1.807) is 6.07 Å². The smallest absolute Gasteiger partial charge is 0.326 e. The summed E-state index contributed by atoms with van der Waals surface area (Å²) < 4.78 is 4.96. The van der Waals surface area contributed by atoms with Gasteiger partial charge in [-0.25, -0.2) is 4.79 Å². The molecule has 0 radical (unpaired) electrons. The van der Waals surface area contributed by atoms with Crippen LogP contribution in [0, 0.1) is 11.3 Å². The second kappa shape index (κ2) is 5.89. The SMILES string of the molecule is O=C(O)[C@H]1CC2(CCN(C(=O)C3CC3)CC2)CN1C(=O)c1ccoc1. The van der Waals surface area contributed by atoms with E-state index in [-0.39, 0.29) is 23.1 Å². The van der Waals surface area contributed by atoms with Gasteiger partial charge in [0.05, 0.1) is 11.8 Å². The first-order chi connectivity index (χ1) is 12.0. The van der Waals surface area contributed by atoms with Crippen molar-refractivity contribution >= 4 is 17.8 Å². The normalized spacial score (nSPS) is 25.4. The highest BCUT2D eigenvalue weighted by atomic mass is 16.4. The number of amides is 2. The summed E-state index contributed by atoms with van der Waals surface area (Å²) in [6, 6.07) is 0.747. The highest BCUT2D eigenvalue weighted by Gasteiger charge is 2.50. The van der Waals surface area contributed by atoms with Crippen LogP contribution in [-0.4, -0.2) is 58.4 Å². The number of hydrogen-bond acceptors (Lipinski definition) is 4. The van der Waals surface area contributed by atoms with Crippen molar-refractivity contribution in [2.45, 2.75) is 38.1 Å². The van der Waals surface area contributed by atoms with Gasteiger partial charge in [0.15, 0.2) is 0 Å². The Labute approximate surface area is 145 Å². The zero-order valence-electron chi connectivity index (χ0n) is 14.0. The van der Waals surface area contributed by atoms with Gasteiger partial charge in [0, 0.05) is 25.6 Å². The van der Waals surface area contributed by atoms with Gasteiger partial charge in [-0.2, -0.15) is 0 Å². The molecule has 7 heteroatoms. The molecule has 25 heavy (non-hydrogen) atoms. The quantitative estimate of drug-likeness (QED) is 0.898. The Morgan fingerprint density at radius 3 is 2.48 bits per heavy atom. The lowest BCUT2D eigenvalue weighted by molar-refractivity contribution is -0.141. The highest BCUT2D eigenvalue weighted by Crippen LogP contribution is 2.44. The number of carboxylic acid groups (broad SMARTS) is 1. The molecule has 3 heterocycles. The molecule has 1 atom stereocenters. The molecule has 3 fully saturated rings. The van der Waals surface area contributed by atoms with Crippen LogP contribution in [0.25, 0.3) is 0 Å². The van der Waals surface area contributed by atoms with Crippen LogP contribution in [-0.2, 0) is 9.59 Å². The number of carboxylic acids is 1. The van der Waals surface area contributed by atoms with Crippen molar-refractivity contribution in [1.29, 1.82) is 0 Å². The molecule has 7 nitrogen and oxygen atoms in total. The maximum absolute atomic E-state index is 12.7. The average Bonchev–Trinajstić information content (AvgIpc) is 3.17. The first kappa shape index (κ1) is 16.2. The summed E-state index contributed by atoms with van der Waals surface area (Å²) in [7, 11) is 0. The maximum atomic E-state index is 12.7. The van der Waals surface area contributed by atoms with E-state index in [0.29, 0.717) is 31.6 Å². The lowest BCUT2D eigenvalue weighted by atomic mass is 9.76. The summed E-state index contributed by atoms with van der Waals surface area (Å²) in [4.78, 5) is 40.0. The molecule has 1 aromatic heterocycles. The fourth-order valence-corrected chi connectivity index (χ4v) is 4.19. The Morgan fingerprint density at radius 1 is 1.20 bits per heavy atom. The monoisotopic (exact) mass is 346 g/mol. The molecular formula is C18H22N2O5. The van der Waals surface area contributed by atoms with Crippen LogP contribution in [0.3, 0.4) is 0 Å². The second-order valence-corrected chi connectivity index (χ2v) is 7.60. The van der Waals surface area contributed by atoms with Gasteiger partial charge < -0.3 is 19.3 Å². The molecule has 0 bridgehead atoms. The first-order valence-corrected chi connectivity index (χ1v) is 8.84. The molecule has 0 unspecified atom stereocenters. The molecule has 1 aromatic rings. The van der Waals surface area contributed by atoms with E-state index in [1.807, 2.05) is 4.90 Å². The topological polar surface area (TPSA) is 91.1 Å². The van der Waals surface area contributed by atoms with Crippen molar-refractivity contribution in [3.8, 4) is 0 Å². The van der Waals surface area contributed by atoms with Gasteiger partial charge in [-0.15, -0.1) is 0 Å². The van der Waals surface area contributed by atoms with Gasteiger partial charge in [-0.1, -0.05) is 0 Å². The van der Waals surface area contributed by atoms with Crippen LogP contribution >= 0.6 is 0 Å². The number of rotatable bonds is 3. The van der Waals surface area contributed by atoms with E-state index in [0.717, 1.165) is 25.7 Å². The third-order valence-corrected chi connectivity index (χ3v) is 5.88. The number of aliphatic carboxylic acids is 1. The summed E-state index contributed by atoms with van der Waals surface area (Å²) in [6.45, 7) is 1.75. The van der Waals surface area contributed by atoms with Crippen molar-refractivity contribution < 1.29 is 23.9 Å². The zero-order valence-corrected chi connectivity index (χ0v) is 14.0. The molecule has 1 saturated carbocycles. The van der Waals surface area contributed by atoms with Crippen LogP contribution in [0.1, 0.15) is 42.5 Å². The Balaban J connectivity index is 1.47. The molecule has 2 amide bonds. The fourth-order valence-electron chi connectivity index (χ4n) is 4.19. The summed E-state index contributed by atoms with van der Waals surface area (Å²) in [5.41, 5.74) is 0.174. The van der Waals surface area contributed by atoms with Crippen LogP contribution in [0.4, 0.5) is 0 Å². The summed E-state index contributed by atoms with van der Waals surface area (Å²) in [5, 5.41) is 9.58. The molecule has 2 saturated heterocycles. The number of carbonyl (C=O) groups excluding carboxylic acids is 2. The molecule has 1 N–H and O–H groups in total. The van der Waals surface area contributed by atoms with E-state index in [1.165, 1.54) is 17.4 Å². The fraction of sp³-hybridized carbons (Fsp3) is 0.611. The Kier molecular flexibility index (Phi) is 3.81.